The van der Waals surface area contributed by atoms with Crippen molar-refractivity contribution in [2.24, 2.45) is 0 Å². The minimum absolute atomic E-state index is 0. The van der Waals surface area contributed by atoms with E-state index in [0.717, 1.165) is 22.9 Å². The first-order chi connectivity index (χ1) is 10.7. The van der Waals surface area contributed by atoms with E-state index in [9.17, 15) is 0 Å². The third-order valence-corrected chi connectivity index (χ3v) is 3.05. The van der Waals surface area contributed by atoms with Crippen LogP contribution in [0.3, 0.4) is 0 Å². The summed E-state index contributed by atoms with van der Waals surface area (Å²) in [6, 6.07) is 15.3. The second kappa shape index (κ2) is 11.0. The maximum absolute atomic E-state index is 5.40. The number of thiocarbonyl (C=S) groups is 1. The maximum atomic E-state index is 5.40. The molecule has 0 bridgehead atoms. The van der Waals surface area contributed by atoms with Crippen LogP contribution in [-0.2, 0) is 0 Å². The van der Waals surface area contributed by atoms with Gasteiger partial charge in [-0.05, 0) is 74.6 Å². The van der Waals surface area contributed by atoms with E-state index in [1.807, 2.05) is 62.4 Å². The zero-order chi connectivity index (χ0) is 15.8. The van der Waals surface area contributed by atoms with E-state index in [1.165, 1.54) is 0 Å². The summed E-state index contributed by atoms with van der Waals surface area (Å²) >= 11 is 5.30. The van der Waals surface area contributed by atoms with Gasteiger partial charge in [-0.1, -0.05) is 0 Å². The summed E-state index contributed by atoms with van der Waals surface area (Å²) in [5, 5.41) is 6.80. The smallest absolute Gasteiger partial charge is 0.175 e. The Bertz CT molecular complexity index is 549. The zero-order valence-corrected chi connectivity index (χ0v) is 16.4. The minimum atomic E-state index is 0. The Hall–Kier alpha value is -0.686. The minimum Gasteiger partial charge on any atom is -0.494 e. The van der Waals surface area contributed by atoms with Gasteiger partial charge in [-0.3, -0.25) is 0 Å². The summed E-state index contributed by atoms with van der Waals surface area (Å²) in [6.45, 7) is 5.24. The number of ether oxygens (including phenoxy) is 2. The van der Waals surface area contributed by atoms with E-state index in [0.29, 0.717) is 18.3 Å². The molecule has 0 aliphatic heterocycles. The molecule has 0 heterocycles. The summed E-state index contributed by atoms with van der Waals surface area (Å²) in [6.07, 6.45) is 0. The molecule has 2 aromatic carbocycles. The van der Waals surface area contributed by atoms with E-state index in [1.54, 1.807) is 0 Å². The van der Waals surface area contributed by atoms with Gasteiger partial charge in [-0.15, -0.1) is 0 Å². The van der Waals surface area contributed by atoms with Crippen molar-refractivity contribution in [2.75, 3.05) is 23.8 Å². The van der Waals surface area contributed by atoms with E-state index in [2.05, 4.69) is 10.6 Å². The van der Waals surface area contributed by atoms with Crippen molar-refractivity contribution in [2.45, 2.75) is 13.8 Å². The Morgan fingerprint density at radius 2 is 1.13 bits per heavy atom. The summed E-state index contributed by atoms with van der Waals surface area (Å²) in [7, 11) is 0. The average Bonchev–Trinajstić information content (AvgIpc) is 2.52. The van der Waals surface area contributed by atoms with Crippen LogP contribution in [0.15, 0.2) is 48.5 Å². The standard InChI is InChI=1S/C17H20N2O2S.Eu/c1-3-20-15-9-5-13(6-10-15)18-17(22)19-14-7-11-16(12-8-14)21-4-2;/h5-12H,3-4H2,1-2H3,(H2,18,19,22);. The van der Waals surface area contributed by atoms with Crippen LogP contribution in [0.5, 0.6) is 11.5 Å². The van der Waals surface area contributed by atoms with Crippen LogP contribution in [0.2, 0.25) is 0 Å². The monoisotopic (exact) mass is 469 g/mol. The molecule has 6 heteroatoms. The molecule has 0 unspecified atom stereocenters. The molecule has 2 N–H and O–H groups in total. The van der Waals surface area contributed by atoms with Gasteiger partial charge in [0.15, 0.2) is 5.11 Å². The largest absolute Gasteiger partial charge is 0.494 e. The molecule has 0 aromatic heterocycles. The molecule has 2 aromatic rings. The SMILES string of the molecule is CCOc1ccc(NC(=S)Nc2ccc(OCC)cc2)cc1.[Eu]. The van der Waals surface area contributed by atoms with Crippen LogP contribution < -0.4 is 20.1 Å². The fourth-order valence-corrected chi connectivity index (χ4v) is 2.13. The van der Waals surface area contributed by atoms with Gasteiger partial charge in [0, 0.05) is 60.8 Å². The van der Waals surface area contributed by atoms with Gasteiger partial charge in [-0.25, -0.2) is 0 Å². The van der Waals surface area contributed by atoms with Crippen molar-refractivity contribution in [3.63, 3.8) is 0 Å². The fraction of sp³-hybridized carbons (Fsp3) is 0.235. The molecular weight excluding hydrogens is 448 g/mol. The van der Waals surface area contributed by atoms with Crippen molar-refractivity contribution in [1.29, 1.82) is 0 Å². The van der Waals surface area contributed by atoms with Gasteiger partial charge in [0.1, 0.15) is 11.5 Å². The molecule has 1 radical (unpaired) electrons. The van der Waals surface area contributed by atoms with Crippen LogP contribution >= 0.6 is 12.2 Å². The molecule has 0 spiro atoms. The summed E-state index contributed by atoms with van der Waals surface area (Å²) < 4.78 is 10.8. The van der Waals surface area contributed by atoms with Crippen LogP contribution in [0.25, 0.3) is 0 Å². The first-order valence-corrected chi connectivity index (χ1v) is 7.65. The third-order valence-electron chi connectivity index (χ3n) is 2.85. The van der Waals surface area contributed by atoms with Gasteiger partial charge in [-0.2, -0.15) is 0 Å². The topological polar surface area (TPSA) is 42.5 Å². The Balaban J connectivity index is 0.00000264. The number of hydrogen-bond acceptors (Lipinski definition) is 3. The first kappa shape index (κ1) is 20.4. The molecule has 0 amide bonds. The Morgan fingerprint density at radius 3 is 1.43 bits per heavy atom. The second-order valence-corrected chi connectivity index (χ2v) is 4.90. The number of benzene rings is 2. The number of rotatable bonds is 6. The maximum Gasteiger partial charge on any atom is 0.175 e. The van der Waals surface area contributed by atoms with Gasteiger partial charge in [0.25, 0.3) is 0 Å². The van der Waals surface area contributed by atoms with Crippen LogP contribution in [-0.4, -0.2) is 18.3 Å². The van der Waals surface area contributed by atoms with E-state index >= 15 is 0 Å². The molecule has 0 aliphatic rings. The Morgan fingerprint density at radius 1 is 0.783 bits per heavy atom. The van der Waals surface area contributed by atoms with E-state index in [4.69, 9.17) is 21.7 Å². The number of hydrogen-bond donors (Lipinski definition) is 2. The number of nitrogens with one attached hydrogen (secondary N) is 2. The van der Waals surface area contributed by atoms with Crippen molar-refractivity contribution in [3.05, 3.63) is 48.5 Å². The second-order valence-electron chi connectivity index (χ2n) is 4.49. The van der Waals surface area contributed by atoms with Crippen LogP contribution in [0.4, 0.5) is 11.4 Å². The molecule has 123 valence electrons. The molecule has 0 saturated heterocycles. The molecule has 23 heavy (non-hydrogen) atoms. The Labute approximate surface area is 183 Å². The average molecular weight is 468 g/mol. The molecule has 0 fully saturated rings. The predicted molar refractivity (Wildman–Crippen MR) is 95.1 cm³/mol. The molecule has 0 aliphatic carbocycles. The van der Waals surface area contributed by atoms with Gasteiger partial charge in [0.05, 0.1) is 13.2 Å². The number of anilines is 2. The predicted octanol–water partition coefficient (Wildman–Crippen LogP) is 4.29. The summed E-state index contributed by atoms with van der Waals surface area (Å²) in [5.41, 5.74) is 1.82. The van der Waals surface area contributed by atoms with Crippen molar-refractivity contribution in [3.8, 4) is 11.5 Å². The van der Waals surface area contributed by atoms with E-state index < -0.39 is 0 Å². The third kappa shape index (κ3) is 7.16. The molecular formula is C17H20EuN2O2S. The van der Waals surface area contributed by atoms with Gasteiger partial charge in [0.2, 0.25) is 0 Å². The van der Waals surface area contributed by atoms with Crippen LogP contribution in [0.1, 0.15) is 13.8 Å². The van der Waals surface area contributed by atoms with Crippen molar-refractivity contribution >= 4 is 28.7 Å². The zero-order valence-electron chi connectivity index (χ0n) is 13.1. The van der Waals surface area contributed by atoms with Crippen molar-refractivity contribution < 1.29 is 58.9 Å². The fourth-order valence-electron chi connectivity index (χ4n) is 1.90. The van der Waals surface area contributed by atoms with Gasteiger partial charge < -0.3 is 20.1 Å². The normalized spacial score (nSPS) is 9.48. The summed E-state index contributed by atoms with van der Waals surface area (Å²) in [5.74, 6) is 1.69. The van der Waals surface area contributed by atoms with Crippen LogP contribution in [0, 0.1) is 49.4 Å². The molecule has 4 nitrogen and oxygen atoms in total. The molecule has 2 rings (SSSR count). The molecule has 0 atom stereocenters. The quantitative estimate of drug-likeness (QED) is 0.620. The molecule has 0 saturated carbocycles. The van der Waals surface area contributed by atoms with E-state index in [-0.39, 0.29) is 49.4 Å². The van der Waals surface area contributed by atoms with Crippen molar-refractivity contribution in [1.82, 2.24) is 0 Å². The summed E-state index contributed by atoms with van der Waals surface area (Å²) in [4.78, 5) is 0. The Kier molecular flexibility index (Phi) is 9.71. The van der Waals surface area contributed by atoms with Gasteiger partial charge >= 0.3 is 0 Å². The first-order valence-electron chi connectivity index (χ1n) is 7.25.